The number of hydrogen-bond acceptors (Lipinski definition) is 3. The molecule has 0 unspecified atom stereocenters. The van der Waals surface area contributed by atoms with Gasteiger partial charge in [-0.1, -0.05) is 6.58 Å². The van der Waals surface area contributed by atoms with Crippen LogP contribution in [0.5, 0.6) is 0 Å². The molecular formula is C6H5N3O. The zero-order chi connectivity index (χ0) is 7.98. The molecule has 0 spiro atoms. The van der Waals surface area contributed by atoms with Crippen molar-refractivity contribution >= 4 is 5.91 Å². The molecule has 4 nitrogen and oxygen atoms in total. The van der Waals surface area contributed by atoms with Gasteiger partial charge in [-0.15, -0.1) is 0 Å². The molecule has 0 saturated heterocycles. The Morgan fingerprint density at radius 3 is 2.40 bits per heavy atom. The second-order valence-corrected chi connectivity index (χ2v) is 1.40. The smallest absolute Gasteiger partial charge is 0.245 e. The Balaban J connectivity index is 3.92. The molecule has 0 aromatic heterocycles. The van der Waals surface area contributed by atoms with Gasteiger partial charge in [0.2, 0.25) is 11.9 Å². The van der Waals surface area contributed by atoms with E-state index in [9.17, 15) is 4.79 Å². The molecule has 0 aliphatic heterocycles. The Morgan fingerprint density at radius 2 is 2.10 bits per heavy atom. The molecule has 0 saturated carbocycles. The molecule has 0 aromatic carbocycles. The summed E-state index contributed by atoms with van der Waals surface area (Å²) in [6, 6.07) is 2.07. The quantitative estimate of drug-likeness (QED) is 0.528. The molecule has 0 radical (unpaired) electrons. The Hall–Kier alpha value is -1.81. The number of carbonyl (C=O) groups is 1. The first-order chi connectivity index (χ1) is 4.74. The largest absolute Gasteiger partial charge is 0.325 e. The van der Waals surface area contributed by atoms with Gasteiger partial charge < -0.3 is 5.32 Å². The topological polar surface area (TPSA) is 76.7 Å². The van der Waals surface area contributed by atoms with Gasteiger partial charge in [-0.2, -0.15) is 10.5 Å². The van der Waals surface area contributed by atoms with Crippen LogP contribution >= 0.6 is 0 Å². The molecule has 0 fully saturated rings. The normalized spacial score (nSPS) is 7.50. The molecular weight excluding hydrogens is 130 g/mol. The molecule has 0 bridgehead atoms. The lowest BCUT2D eigenvalue weighted by molar-refractivity contribution is -0.116. The Kier molecular flexibility index (Phi) is 3.36. The van der Waals surface area contributed by atoms with Gasteiger partial charge in [-0.25, -0.2) is 0 Å². The van der Waals surface area contributed by atoms with E-state index in [0.717, 1.165) is 6.08 Å². The van der Waals surface area contributed by atoms with Crippen molar-refractivity contribution in [1.82, 2.24) is 5.32 Å². The second kappa shape index (κ2) is 4.11. The van der Waals surface area contributed by atoms with E-state index >= 15 is 0 Å². The summed E-state index contributed by atoms with van der Waals surface area (Å²) in [6.07, 6.45) is 1.00. The average molecular weight is 135 g/mol. The predicted molar refractivity (Wildman–Crippen MR) is 33.4 cm³/mol. The van der Waals surface area contributed by atoms with Crippen LogP contribution < -0.4 is 5.32 Å². The van der Waals surface area contributed by atoms with Gasteiger partial charge in [0.15, 0.2) is 0 Å². The third kappa shape index (κ3) is 2.49. The van der Waals surface area contributed by atoms with Gasteiger partial charge >= 0.3 is 0 Å². The van der Waals surface area contributed by atoms with Gasteiger partial charge in [0.1, 0.15) is 12.1 Å². The first kappa shape index (κ1) is 8.19. The predicted octanol–water partition coefficient (Wildman–Crippen LogP) is -0.296. The van der Waals surface area contributed by atoms with E-state index in [4.69, 9.17) is 10.5 Å². The Labute approximate surface area is 58.4 Å². The van der Waals surface area contributed by atoms with Crippen LogP contribution in [0.2, 0.25) is 0 Å². The maximum absolute atomic E-state index is 10.4. The molecule has 0 atom stereocenters. The fourth-order valence-corrected chi connectivity index (χ4v) is 0.295. The zero-order valence-electron chi connectivity index (χ0n) is 5.16. The van der Waals surface area contributed by atoms with Gasteiger partial charge in [0.05, 0.1) is 0 Å². The lowest BCUT2D eigenvalue weighted by atomic mass is 10.3. The number of nitriles is 2. The van der Waals surface area contributed by atoms with Gasteiger partial charge in [-0.3, -0.25) is 4.79 Å². The highest BCUT2D eigenvalue weighted by Crippen LogP contribution is 1.76. The van der Waals surface area contributed by atoms with Crippen molar-refractivity contribution in [3.8, 4) is 12.1 Å². The third-order valence-corrected chi connectivity index (χ3v) is 0.730. The molecule has 1 amide bonds. The fraction of sp³-hybridized carbons (Fsp3) is 0.167. The number of rotatable bonds is 2. The van der Waals surface area contributed by atoms with E-state index < -0.39 is 11.9 Å². The molecule has 0 aromatic rings. The average Bonchev–Trinajstić information content (AvgIpc) is 1.99. The van der Waals surface area contributed by atoms with E-state index in [1.54, 1.807) is 12.1 Å². The van der Waals surface area contributed by atoms with Crippen LogP contribution in [0.3, 0.4) is 0 Å². The van der Waals surface area contributed by atoms with Crippen LogP contribution in [-0.2, 0) is 4.79 Å². The SMILES string of the molecule is C=CC(=O)NC(C#N)C#N. The standard InChI is InChI=1S/C6H5N3O/c1-2-6(10)9-5(3-7)4-8/h2,5H,1H2,(H,9,10). The summed E-state index contributed by atoms with van der Waals surface area (Å²) >= 11 is 0. The van der Waals surface area contributed by atoms with Crippen molar-refractivity contribution in [1.29, 1.82) is 10.5 Å². The highest BCUT2D eigenvalue weighted by Gasteiger charge is 2.04. The van der Waals surface area contributed by atoms with Gasteiger partial charge in [0, 0.05) is 0 Å². The Morgan fingerprint density at radius 1 is 1.60 bits per heavy atom. The number of amides is 1. The minimum Gasteiger partial charge on any atom is -0.325 e. The van der Waals surface area contributed by atoms with Crippen LogP contribution in [-0.4, -0.2) is 11.9 Å². The summed E-state index contributed by atoms with van der Waals surface area (Å²) < 4.78 is 0. The summed E-state index contributed by atoms with van der Waals surface area (Å²) in [4.78, 5) is 10.4. The molecule has 0 aliphatic rings. The van der Waals surface area contributed by atoms with Gasteiger partial charge in [-0.05, 0) is 6.08 Å². The summed E-state index contributed by atoms with van der Waals surface area (Å²) in [7, 11) is 0. The molecule has 10 heavy (non-hydrogen) atoms. The summed E-state index contributed by atoms with van der Waals surface area (Å²) in [5, 5.41) is 18.4. The van der Waals surface area contributed by atoms with Gasteiger partial charge in [0.25, 0.3) is 0 Å². The Bertz CT molecular complexity index is 206. The van der Waals surface area contributed by atoms with Crippen LogP contribution in [0.25, 0.3) is 0 Å². The molecule has 0 aliphatic carbocycles. The minimum absolute atomic E-state index is 0.520. The van der Waals surface area contributed by atoms with Crippen molar-refractivity contribution in [3.05, 3.63) is 12.7 Å². The van der Waals surface area contributed by atoms with Crippen LogP contribution in [0, 0.1) is 22.7 Å². The number of nitrogens with zero attached hydrogens (tertiary/aromatic N) is 2. The lowest BCUT2D eigenvalue weighted by Gasteiger charge is -1.97. The van der Waals surface area contributed by atoms with E-state index in [2.05, 4.69) is 11.9 Å². The van der Waals surface area contributed by atoms with E-state index in [-0.39, 0.29) is 0 Å². The minimum atomic E-state index is -1.08. The van der Waals surface area contributed by atoms with Crippen molar-refractivity contribution in [2.45, 2.75) is 6.04 Å². The van der Waals surface area contributed by atoms with Crippen LogP contribution in [0.4, 0.5) is 0 Å². The summed E-state index contributed by atoms with van der Waals surface area (Å²) in [5.74, 6) is -0.520. The highest BCUT2D eigenvalue weighted by atomic mass is 16.1. The van der Waals surface area contributed by atoms with Crippen molar-refractivity contribution in [3.63, 3.8) is 0 Å². The summed E-state index contributed by atoms with van der Waals surface area (Å²) in [6.45, 7) is 3.15. The lowest BCUT2D eigenvalue weighted by Crippen LogP contribution is -2.30. The maximum atomic E-state index is 10.4. The molecule has 50 valence electrons. The fourth-order valence-electron chi connectivity index (χ4n) is 0.295. The van der Waals surface area contributed by atoms with E-state index in [1.165, 1.54) is 0 Å². The molecule has 1 N–H and O–H groups in total. The van der Waals surface area contributed by atoms with E-state index in [1.807, 2.05) is 0 Å². The number of hydrogen-bond donors (Lipinski definition) is 1. The molecule has 4 heteroatoms. The monoisotopic (exact) mass is 135 g/mol. The number of carbonyl (C=O) groups excluding carboxylic acids is 1. The highest BCUT2D eigenvalue weighted by molar-refractivity contribution is 5.87. The third-order valence-electron chi connectivity index (χ3n) is 0.730. The van der Waals surface area contributed by atoms with Crippen molar-refractivity contribution in [2.24, 2.45) is 0 Å². The second-order valence-electron chi connectivity index (χ2n) is 1.40. The first-order valence-corrected chi connectivity index (χ1v) is 2.46. The summed E-state index contributed by atoms with van der Waals surface area (Å²) in [5.41, 5.74) is 0. The van der Waals surface area contributed by atoms with Crippen molar-refractivity contribution < 1.29 is 4.79 Å². The van der Waals surface area contributed by atoms with Crippen molar-refractivity contribution in [2.75, 3.05) is 0 Å². The molecule has 0 rings (SSSR count). The van der Waals surface area contributed by atoms with Crippen LogP contribution in [0.15, 0.2) is 12.7 Å². The zero-order valence-corrected chi connectivity index (χ0v) is 5.16. The first-order valence-electron chi connectivity index (χ1n) is 2.46. The maximum Gasteiger partial charge on any atom is 0.245 e. The van der Waals surface area contributed by atoms with E-state index in [0.29, 0.717) is 0 Å². The van der Waals surface area contributed by atoms with Crippen LogP contribution in [0.1, 0.15) is 0 Å². The molecule has 0 heterocycles. The number of nitrogens with one attached hydrogen (secondary N) is 1.